The van der Waals surface area contributed by atoms with Gasteiger partial charge in [0, 0.05) is 19.6 Å². The highest BCUT2D eigenvalue weighted by Crippen LogP contribution is 2.20. The minimum Gasteiger partial charge on any atom is -0.508 e. The highest BCUT2D eigenvalue weighted by Gasteiger charge is 2.35. The lowest BCUT2D eigenvalue weighted by molar-refractivity contribution is -0.153. The van der Waals surface area contributed by atoms with Gasteiger partial charge in [0.15, 0.2) is 0 Å². The first-order valence-electron chi connectivity index (χ1n) is 7.68. The largest absolute Gasteiger partial charge is 0.508 e. The maximum Gasteiger partial charge on any atom is 0.325 e. The molecule has 2 rings (SSSR count). The van der Waals surface area contributed by atoms with E-state index in [9.17, 15) is 19.5 Å². The normalized spacial score (nSPS) is 16.4. The van der Waals surface area contributed by atoms with Gasteiger partial charge in [-0.2, -0.15) is 0 Å². The Morgan fingerprint density at radius 2 is 1.83 bits per heavy atom. The molecule has 1 unspecified atom stereocenters. The standard InChI is InChI=1S/C16H21N3O4/c1-3-13(11-5-7-12(20)8-6-11)17-16(23)19-10-9-18(4-2)14(21)15(19)22/h5-8,13,20H,3-4,9-10H2,1-2H3,(H,17,23). The van der Waals surface area contributed by atoms with E-state index in [-0.39, 0.29) is 18.3 Å². The van der Waals surface area contributed by atoms with Crippen molar-refractivity contribution in [3.8, 4) is 5.75 Å². The molecule has 4 amide bonds. The minimum absolute atomic E-state index is 0.145. The molecule has 7 nitrogen and oxygen atoms in total. The Kier molecular flexibility index (Phi) is 5.20. The van der Waals surface area contributed by atoms with Gasteiger partial charge in [0.25, 0.3) is 0 Å². The van der Waals surface area contributed by atoms with E-state index in [2.05, 4.69) is 5.32 Å². The van der Waals surface area contributed by atoms with Gasteiger partial charge < -0.3 is 15.3 Å². The number of urea groups is 1. The molecule has 1 aromatic carbocycles. The Hall–Kier alpha value is -2.57. The van der Waals surface area contributed by atoms with E-state index >= 15 is 0 Å². The van der Waals surface area contributed by atoms with Crippen LogP contribution in [0.3, 0.4) is 0 Å². The summed E-state index contributed by atoms with van der Waals surface area (Å²) in [6, 6.07) is 5.64. The minimum atomic E-state index is -0.795. The third kappa shape index (κ3) is 3.61. The molecule has 0 aromatic heterocycles. The molecule has 2 N–H and O–H groups in total. The summed E-state index contributed by atoms with van der Waals surface area (Å²) in [5, 5.41) is 12.1. The molecular weight excluding hydrogens is 298 g/mol. The number of nitrogens with one attached hydrogen (secondary N) is 1. The molecule has 1 aliphatic rings. The third-order valence-corrected chi connectivity index (χ3v) is 3.94. The lowest BCUT2D eigenvalue weighted by Gasteiger charge is -2.32. The van der Waals surface area contributed by atoms with E-state index in [1.807, 2.05) is 6.92 Å². The predicted octanol–water partition coefficient (Wildman–Crippen LogP) is 1.24. The van der Waals surface area contributed by atoms with Crippen molar-refractivity contribution in [3.63, 3.8) is 0 Å². The Balaban J connectivity index is 2.06. The van der Waals surface area contributed by atoms with Crippen molar-refractivity contribution in [2.24, 2.45) is 0 Å². The fourth-order valence-electron chi connectivity index (χ4n) is 2.52. The lowest BCUT2D eigenvalue weighted by atomic mass is 10.0. The molecule has 23 heavy (non-hydrogen) atoms. The van der Waals surface area contributed by atoms with Crippen LogP contribution in [-0.2, 0) is 9.59 Å². The molecule has 1 heterocycles. The number of nitrogens with zero attached hydrogens (tertiary/aromatic N) is 2. The van der Waals surface area contributed by atoms with Crippen LogP contribution in [0.2, 0.25) is 0 Å². The number of amides is 4. The predicted molar refractivity (Wildman–Crippen MR) is 83.6 cm³/mol. The number of benzene rings is 1. The summed E-state index contributed by atoms with van der Waals surface area (Å²) in [7, 11) is 0. The molecule has 0 spiro atoms. The maximum absolute atomic E-state index is 12.3. The first-order chi connectivity index (χ1) is 11.0. The first kappa shape index (κ1) is 16.8. The molecule has 1 aromatic rings. The summed E-state index contributed by atoms with van der Waals surface area (Å²) < 4.78 is 0. The number of phenolic OH excluding ortho intramolecular Hbond substituents is 1. The molecular formula is C16H21N3O4. The Morgan fingerprint density at radius 3 is 2.39 bits per heavy atom. The van der Waals surface area contributed by atoms with Gasteiger partial charge >= 0.3 is 17.8 Å². The first-order valence-corrected chi connectivity index (χ1v) is 7.68. The van der Waals surface area contributed by atoms with Crippen molar-refractivity contribution in [2.45, 2.75) is 26.3 Å². The van der Waals surface area contributed by atoms with Crippen LogP contribution in [0.25, 0.3) is 0 Å². The molecule has 0 radical (unpaired) electrons. The summed E-state index contributed by atoms with van der Waals surface area (Å²) >= 11 is 0. The van der Waals surface area contributed by atoms with Crippen LogP contribution in [-0.4, -0.2) is 52.4 Å². The lowest BCUT2D eigenvalue weighted by Crippen LogP contribution is -2.58. The number of aromatic hydroxyl groups is 1. The van der Waals surface area contributed by atoms with Gasteiger partial charge in [-0.25, -0.2) is 4.79 Å². The molecule has 1 saturated heterocycles. The zero-order valence-electron chi connectivity index (χ0n) is 13.3. The number of hydrogen-bond donors (Lipinski definition) is 2. The number of rotatable bonds is 4. The average Bonchev–Trinajstić information content (AvgIpc) is 2.55. The van der Waals surface area contributed by atoms with Crippen LogP contribution in [0.15, 0.2) is 24.3 Å². The third-order valence-electron chi connectivity index (χ3n) is 3.94. The van der Waals surface area contributed by atoms with Crippen molar-refractivity contribution in [1.29, 1.82) is 0 Å². The molecule has 0 saturated carbocycles. The van der Waals surface area contributed by atoms with Crippen molar-refractivity contribution >= 4 is 17.8 Å². The van der Waals surface area contributed by atoms with Crippen LogP contribution >= 0.6 is 0 Å². The second kappa shape index (κ2) is 7.13. The topological polar surface area (TPSA) is 90.0 Å². The number of likely N-dealkylation sites (N-methyl/N-ethyl adjacent to an activating group) is 1. The highest BCUT2D eigenvalue weighted by molar-refractivity contribution is 6.38. The Bertz CT molecular complexity index is 600. The van der Waals surface area contributed by atoms with Gasteiger partial charge in [-0.3, -0.25) is 14.5 Å². The van der Waals surface area contributed by atoms with Crippen LogP contribution in [0, 0.1) is 0 Å². The maximum atomic E-state index is 12.3. The van der Waals surface area contributed by atoms with Gasteiger partial charge in [0.05, 0.1) is 6.04 Å². The van der Waals surface area contributed by atoms with Gasteiger partial charge in [-0.15, -0.1) is 0 Å². The molecule has 1 atom stereocenters. The van der Waals surface area contributed by atoms with E-state index in [4.69, 9.17) is 0 Å². The fourth-order valence-corrected chi connectivity index (χ4v) is 2.52. The van der Waals surface area contributed by atoms with Gasteiger partial charge in [-0.1, -0.05) is 19.1 Å². The van der Waals surface area contributed by atoms with Crippen LogP contribution in [0.4, 0.5) is 4.79 Å². The van der Waals surface area contributed by atoms with Crippen LogP contribution in [0.1, 0.15) is 31.9 Å². The quantitative estimate of drug-likeness (QED) is 0.817. The van der Waals surface area contributed by atoms with E-state index in [1.165, 1.54) is 4.90 Å². The van der Waals surface area contributed by atoms with Crippen LogP contribution in [0.5, 0.6) is 5.75 Å². The monoisotopic (exact) mass is 319 g/mol. The Morgan fingerprint density at radius 1 is 1.17 bits per heavy atom. The Labute approximate surface area is 134 Å². The number of carbonyl (C=O) groups excluding carboxylic acids is 3. The summed E-state index contributed by atoms with van der Waals surface area (Å²) in [6.07, 6.45) is 0.619. The van der Waals surface area contributed by atoms with E-state index in [0.29, 0.717) is 19.5 Å². The number of carbonyl (C=O) groups is 3. The summed E-state index contributed by atoms with van der Waals surface area (Å²) in [5.74, 6) is -1.30. The van der Waals surface area contributed by atoms with E-state index in [0.717, 1.165) is 10.5 Å². The molecule has 124 valence electrons. The molecule has 1 aliphatic heterocycles. The zero-order valence-corrected chi connectivity index (χ0v) is 13.3. The molecule has 7 heteroatoms. The molecule has 0 bridgehead atoms. The van der Waals surface area contributed by atoms with Crippen molar-refractivity contribution < 1.29 is 19.5 Å². The fraction of sp³-hybridized carbons (Fsp3) is 0.438. The zero-order chi connectivity index (χ0) is 17.0. The average molecular weight is 319 g/mol. The number of phenols is 1. The van der Waals surface area contributed by atoms with Gasteiger partial charge in [-0.05, 0) is 31.0 Å². The van der Waals surface area contributed by atoms with Crippen molar-refractivity contribution in [1.82, 2.24) is 15.1 Å². The molecule has 0 aliphatic carbocycles. The number of imide groups is 1. The SMILES string of the molecule is CCC(NC(=O)N1CCN(CC)C(=O)C1=O)c1ccc(O)cc1. The van der Waals surface area contributed by atoms with E-state index in [1.54, 1.807) is 31.2 Å². The van der Waals surface area contributed by atoms with Gasteiger partial charge in [0.2, 0.25) is 0 Å². The summed E-state index contributed by atoms with van der Waals surface area (Å²) in [5.41, 5.74) is 0.824. The summed E-state index contributed by atoms with van der Waals surface area (Å²) in [4.78, 5) is 38.6. The van der Waals surface area contributed by atoms with Crippen molar-refractivity contribution in [3.05, 3.63) is 29.8 Å². The summed E-state index contributed by atoms with van der Waals surface area (Å²) in [6.45, 7) is 4.69. The van der Waals surface area contributed by atoms with Crippen LogP contribution < -0.4 is 5.32 Å². The van der Waals surface area contributed by atoms with Crippen molar-refractivity contribution in [2.75, 3.05) is 19.6 Å². The molecule has 1 fully saturated rings. The second-order valence-corrected chi connectivity index (χ2v) is 5.34. The van der Waals surface area contributed by atoms with Gasteiger partial charge in [0.1, 0.15) is 5.75 Å². The highest BCUT2D eigenvalue weighted by atomic mass is 16.3. The van der Waals surface area contributed by atoms with E-state index < -0.39 is 17.8 Å². The second-order valence-electron chi connectivity index (χ2n) is 5.34. The number of hydrogen-bond acceptors (Lipinski definition) is 4. The smallest absolute Gasteiger partial charge is 0.325 e. The number of piperazine rings is 1.